The molecule has 586 valence electrons. The number of carbonyl (C=O) groups excluding carboxylic acids is 2. The number of nitrogens with one attached hydrogen (secondary N) is 3. The normalized spacial score (nSPS) is 10.1. The number of carbonyl (C=O) groups is 2. The Hall–Kier alpha value is -13.0. The van der Waals surface area contributed by atoms with E-state index in [1.54, 1.807) is 41.2 Å². The van der Waals surface area contributed by atoms with Crippen LogP contribution in [0.2, 0.25) is 0 Å². The van der Waals surface area contributed by atoms with Crippen LogP contribution in [-0.4, -0.2) is 88.9 Å². The summed E-state index contributed by atoms with van der Waals surface area (Å²) in [5, 5.41) is 27.2. The second-order valence-corrected chi connectivity index (χ2v) is 31.3. The van der Waals surface area contributed by atoms with Gasteiger partial charge in [-0.2, -0.15) is 15.3 Å². The van der Waals surface area contributed by atoms with Crippen LogP contribution in [0.15, 0.2) is 139 Å². The van der Waals surface area contributed by atoms with Gasteiger partial charge in [0.05, 0.1) is 79.5 Å². The number of H-pyrrole nitrogens is 3. The van der Waals surface area contributed by atoms with Crippen LogP contribution in [0, 0.1) is 223 Å². The van der Waals surface area contributed by atoms with E-state index in [0.717, 1.165) is 90.0 Å². The second-order valence-electron chi connectivity index (χ2n) is 24.8. The van der Waals surface area contributed by atoms with Crippen LogP contribution in [0.25, 0.3) is 82.5 Å². The molecule has 1 unspecified atom stereocenters. The third-order valence-electron chi connectivity index (χ3n) is 15.7. The minimum Gasteiger partial charge on any atom is -0.773 e. The van der Waals surface area contributed by atoms with Gasteiger partial charge in [0.15, 0.2) is 9.84 Å². The average Bonchev–Trinajstić information content (AvgIpc) is 1.60. The Bertz CT molecular complexity index is 7180. The van der Waals surface area contributed by atoms with E-state index in [2.05, 4.69) is 332 Å². The number of terminal acetylenes is 2. The van der Waals surface area contributed by atoms with Crippen molar-refractivity contribution >= 4 is 175 Å². The number of rotatable bonds is 7. The van der Waals surface area contributed by atoms with Gasteiger partial charge in [0.1, 0.15) is 17.5 Å². The molecule has 0 radical (unpaired) electrons. The maximum atomic E-state index is 13.4. The fraction of sp³-hybridized carbons (Fsp3) is 0.138. The monoisotopic (exact) mass is 1920 g/mol. The molecule has 13 rings (SSSR count). The van der Waals surface area contributed by atoms with Gasteiger partial charge < -0.3 is 18.3 Å². The van der Waals surface area contributed by atoms with Crippen molar-refractivity contribution in [2.75, 3.05) is 12.5 Å². The van der Waals surface area contributed by atoms with Gasteiger partial charge in [-0.3, -0.25) is 29.1 Å². The van der Waals surface area contributed by atoms with Crippen molar-refractivity contribution in [3.8, 4) is 219 Å². The van der Waals surface area contributed by atoms with E-state index in [-0.39, 0.29) is 64.7 Å². The largest absolute Gasteiger partial charge is 1.00 e. The Morgan fingerprint density at radius 2 is 0.744 bits per heavy atom. The fourth-order valence-electron chi connectivity index (χ4n) is 11.0. The number of fused-ring (bicyclic) bond motifs is 6. The number of hydrogen-bond acceptors (Lipinski definition) is 11. The zero-order chi connectivity index (χ0) is 87.1. The van der Waals surface area contributed by atoms with E-state index in [9.17, 15) is 31.2 Å². The Morgan fingerprint density at radius 3 is 1.03 bits per heavy atom. The summed E-state index contributed by atoms with van der Waals surface area (Å²) in [7, 11) is -2.56. The summed E-state index contributed by atoms with van der Waals surface area (Å²) in [5.41, 5.74) is 11.6. The predicted molar refractivity (Wildman–Crippen MR) is 493 cm³/mol. The number of halogens is 5. The van der Waals surface area contributed by atoms with Crippen molar-refractivity contribution in [2.24, 2.45) is 0 Å². The quantitative estimate of drug-likeness (QED) is 0.0341. The number of benzene rings is 6. The van der Waals surface area contributed by atoms with E-state index in [1.807, 2.05) is 67.2 Å². The summed E-state index contributed by atoms with van der Waals surface area (Å²) in [6, 6.07) is 33.9. The average molecular weight is 1920 g/mol. The molecule has 0 saturated carbocycles. The molecule has 1 atom stereocenters. The number of hydrogen-bond donors (Lipinski definition) is 3. The molecule has 16 nitrogen and oxygen atoms in total. The number of nitrogens with zero attached hydrogens (tertiary/aromatic N) is 7. The zero-order valence-corrected chi connectivity index (χ0v) is 75.9. The summed E-state index contributed by atoms with van der Waals surface area (Å²) in [6.45, 7) is 12.6. The number of amides is 2. The van der Waals surface area contributed by atoms with Gasteiger partial charge >= 0.3 is 29.6 Å². The molecule has 3 N–H and O–H groups in total. The Morgan fingerprint density at radius 1 is 0.463 bits per heavy atom. The van der Waals surface area contributed by atoms with Crippen LogP contribution in [0.4, 0.5) is 13.2 Å². The van der Waals surface area contributed by atoms with Gasteiger partial charge in [-0.1, -0.05) is 52.6 Å². The van der Waals surface area contributed by atoms with Gasteiger partial charge in [-0.05, 0) is 257 Å². The maximum Gasteiger partial charge on any atom is 1.00 e. The standard InChI is InChI=1S/C34H2.C19H18FN3O2S.C18H15FIN3.C18H16FN3.C4H4INO2.CH4O2S.Na.S3/c1-3-5-7-9-11-13-15-17-19-21-23-25-27-29-31-33-34-32-30-28-26-24-22-20-18-16-14-12-10-8-6-4-2;1-11(2)18-19(26(3,24)25)15-9-16-12(10-21-22-16)8-17(15)23(18)14-6-4-13(20)5-7-14;1-10(2)18-17(20)14-8-15-11(9-21-22-15)7-16(14)23(18)13-5-3-12(19)4-6-13;1-11(2)17-8-12-7-16-13(10-20-21-16)9-18(12)22(17)15-5-3-14(19)4-6-15;5-6-3(7)1-2-4(6)8;1-4(2)3;;1-3-2/h1-2H;4-11H,1-3H3,(H,21,22);3-10H,1-2H3,(H,21,22);3-11H,1-2H3,(H,20,21);1-2H2;1H3,(H,2,3);;/q;;;;;;+1;/p-1. The smallest absolute Gasteiger partial charge is 0.773 e. The molecule has 121 heavy (non-hydrogen) atoms. The minimum absolute atomic E-state index is 0. The number of imide groups is 1. The van der Waals surface area contributed by atoms with Crippen LogP contribution in [-0.2, 0) is 61.8 Å². The molecular formula is C94H58F3I2N10NaO6S5. The first kappa shape index (κ1) is 96.8. The van der Waals surface area contributed by atoms with Crippen molar-refractivity contribution in [1.29, 1.82) is 0 Å². The predicted octanol–water partition coefficient (Wildman–Crippen LogP) is 11.6. The van der Waals surface area contributed by atoms with Crippen molar-refractivity contribution < 1.29 is 69.5 Å². The molecule has 6 aromatic heterocycles. The Labute approximate surface area is 764 Å². The van der Waals surface area contributed by atoms with Crippen molar-refractivity contribution in [3.63, 3.8) is 0 Å². The molecular weight excluding hydrogens is 1860 g/mol. The molecule has 0 aliphatic carbocycles. The number of aromatic nitrogens is 9. The van der Waals surface area contributed by atoms with E-state index < -0.39 is 20.9 Å². The van der Waals surface area contributed by atoms with Crippen LogP contribution in [0.5, 0.6) is 0 Å². The SMILES string of the molecule is C#CC#CC#CC#CC#CC#CC#CC#CC#CC#CC#CC#CC#CC#CC#CC#CC#C.CC(C)c1c(I)c2cc3[nH]ncc3cc2n1-c1ccc(F)cc1.CC(C)c1c(S(C)(=O)=O)c2cc3[nH]ncc3cc2n1-c1ccc(F)cc1.CC(C)c1cc2cc3[nH]ncc3cc2n1-c1ccc(F)cc1.CS(=O)[O-].O=C1CCC(=O)N1I.S=S=S.[Na+]. The van der Waals surface area contributed by atoms with Gasteiger partial charge in [-0.15, -0.1) is 12.8 Å². The second kappa shape index (κ2) is 50.0. The maximum absolute atomic E-state index is 13.4. The van der Waals surface area contributed by atoms with Gasteiger partial charge in [-0.25, -0.2) is 24.7 Å². The molecule has 1 aliphatic heterocycles. The molecule has 0 bridgehead atoms. The van der Waals surface area contributed by atoms with Crippen LogP contribution < -0.4 is 29.6 Å². The molecule has 12 aromatic rings. The summed E-state index contributed by atoms with van der Waals surface area (Å²) in [6.07, 6.45) is 18.3. The molecule has 6 aromatic carbocycles. The summed E-state index contributed by atoms with van der Waals surface area (Å²) in [4.78, 5) is 21.3. The summed E-state index contributed by atoms with van der Waals surface area (Å²) >= 11 is 10.5. The first-order valence-electron chi connectivity index (χ1n) is 34.7. The van der Waals surface area contributed by atoms with Crippen molar-refractivity contribution in [1.82, 2.24) is 47.4 Å². The van der Waals surface area contributed by atoms with E-state index in [1.165, 1.54) is 63.0 Å². The Balaban J connectivity index is 0.000000237. The molecule has 27 heteroatoms. The third kappa shape index (κ3) is 29.2. The molecule has 1 aliphatic rings. The van der Waals surface area contributed by atoms with E-state index in [0.29, 0.717) is 40.7 Å². The van der Waals surface area contributed by atoms with E-state index >= 15 is 0 Å². The van der Waals surface area contributed by atoms with Crippen molar-refractivity contribution in [2.45, 2.75) is 77.0 Å². The number of sulfone groups is 1. The molecule has 1 fully saturated rings. The van der Waals surface area contributed by atoms with Crippen LogP contribution >= 0.6 is 45.5 Å². The minimum atomic E-state index is -3.48. The van der Waals surface area contributed by atoms with Gasteiger partial charge in [0.25, 0.3) is 0 Å². The fourth-order valence-corrected chi connectivity index (χ4v) is 14.1. The summed E-state index contributed by atoms with van der Waals surface area (Å²) in [5.74, 6) is 77.9. The van der Waals surface area contributed by atoms with Crippen LogP contribution in [0.3, 0.4) is 0 Å². The first-order chi connectivity index (χ1) is 57.7. The van der Waals surface area contributed by atoms with Crippen molar-refractivity contribution in [3.05, 3.63) is 172 Å². The van der Waals surface area contributed by atoms with E-state index in [4.69, 9.17) is 21.6 Å². The van der Waals surface area contributed by atoms with Gasteiger partial charge in [0, 0.05) is 215 Å². The Kier molecular flexibility index (Phi) is 40.0. The number of aromatic amines is 3. The topological polar surface area (TPSA) is 212 Å². The molecule has 1 saturated heterocycles. The molecule has 2 amide bonds. The third-order valence-corrected chi connectivity index (χ3v) is 19.0. The summed E-state index contributed by atoms with van der Waals surface area (Å²) < 4.78 is 92.0. The van der Waals surface area contributed by atoms with Crippen LogP contribution in [0.1, 0.15) is 89.2 Å². The van der Waals surface area contributed by atoms with Gasteiger partial charge in [0.2, 0.25) is 11.8 Å². The zero-order valence-electron chi connectivity index (χ0n) is 65.5. The first-order valence-corrected chi connectivity index (χ1v) is 42.8. The molecule has 7 heterocycles. The molecule has 0 spiro atoms.